The van der Waals surface area contributed by atoms with Gasteiger partial charge < -0.3 is 14.6 Å². The number of unbranched alkanes of at least 4 members (excludes halogenated alkanes) is 13. The number of nitrogens with one attached hydrogen (secondary N) is 1. The van der Waals surface area contributed by atoms with Crippen LogP contribution in [0.1, 0.15) is 119 Å². The fourth-order valence-electron chi connectivity index (χ4n) is 5.35. The fraction of sp³-hybridized carbons (Fsp3) is 0.588. The van der Waals surface area contributed by atoms with Gasteiger partial charge in [0.25, 0.3) is 5.91 Å². The summed E-state index contributed by atoms with van der Waals surface area (Å²) in [7, 11) is 1.61. The number of imidazole rings is 1. The second kappa shape index (κ2) is 18.5. The third-order valence-corrected chi connectivity index (χ3v) is 7.66. The van der Waals surface area contributed by atoms with Gasteiger partial charge in [-0.05, 0) is 43.2 Å². The number of aromatic nitrogens is 2. The smallest absolute Gasteiger partial charge is 0.251 e. The lowest BCUT2D eigenvalue weighted by molar-refractivity contribution is 0.0952. The second-order valence-corrected chi connectivity index (χ2v) is 10.9. The van der Waals surface area contributed by atoms with Crippen molar-refractivity contribution in [3.8, 4) is 5.75 Å². The minimum absolute atomic E-state index is 0.0650. The van der Waals surface area contributed by atoms with E-state index in [9.17, 15) is 4.79 Å². The SMILES string of the molecule is CCCCCCCCCCCCCCCCn1c(CCCNC(=O)c2cccc(OC)c2)nc2ccccc21. The second-order valence-electron chi connectivity index (χ2n) is 10.9. The number of para-hydroxylation sites is 2. The predicted octanol–water partition coefficient (Wildman–Crippen LogP) is 8.89. The number of methoxy groups -OCH3 is 1. The van der Waals surface area contributed by atoms with E-state index in [0.717, 1.165) is 30.7 Å². The van der Waals surface area contributed by atoms with Gasteiger partial charge in [0.2, 0.25) is 0 Å². The Labute approximate surface area is 236 Å². The van der Waals surface area contributed by atoms with Gasteiger partial charge in [-0.15, -0.1) is 0 Å². The minimum Gasteiger partial charge on any atom is -0.497 e. The van der Waals surface area contributed by atoms with Gasteiger partial charge in [0.15, 0.2) is 0 Å². The largest absolute Gasteiger partial charge is 0.497 e. The molecular weight excluding hydrogens is 482 g/mol. The predicted molar refractivity (Wildman–Crippen MR) is 164 cm³/mol. The van der Waals surface area contributed by atoms with Crippen molar-refractivity contribution in [3.05, 3.63) is 59.9 Å². The zero-order valence-corrected chi connectivity index (χ0v) is 24.6. The standard InChI is InChI=1S/C34H51N3O2/c1-3-4-5-6-7-8-9-10-11-12-13-14-15-18-27-37-32-24-17-16-23-31(32)36-33(37)25-20-26-35-34(38)29-21-19-22-30(28-29)39-2/h16-17,19,21-24,28H,3-15,18,20,25-27H2,1-2H3,(H,35,38). The number of rotatable bonds is 21. The average molecular weight is 534 g/mol. The first-order valence-corrected chi connectivity index (χ1v) is 15.6. The first kappa shape index (κ1) is 30.7. The van der Waals surface area contributed by atoms with Crippen molar-refractivity contribution in [1.29, 1.82) is 0 Å². The highest BCUT2D eigenvalue weighted by Crippen LogP contribution is 2.19. The Morgan fingerprint density at radius 2 is 1.44 bits per heavy atom. The van der Waals surface area contributed by atoms with Crippen LogP contribution in [-0.2, 0) is 13.0 Å². The van der Waals surface area contributed by atoms with Crippen molar-refractivity contribution < 1.29 is 9.53 Å². The molecule has 0 aliphatic rings. The monoisotopic (exact) mass is 533 g/mol. The van der Waals surface area contributed by atoms with Crippen molar-refractivity contribution in [3.63, 3.8) is 0 Å². The Balaban J connectivity index is 1.33. The maximum absolute atomic E-state index is 12.5. The number of aryl methyl sites for hydroxylation is 2. The number of amides is 1. The van der Waals surface area contributed by atoms with Crippen molar-refractivity contribution in [2.45, 2.75) is 116 Å². The van der Waals surface area contributed by atoms with E-state index in [-0.39, 0.29) is 5.91 Å². The maximum atomic E-state index is 12.5. The quantitative estimate of drug-likeness (QED) is 0.139. The molecule has 0 unspecified atom stereocenters. The van der Waals surface area contributed by atoms with Crippen molar-refractivity contribution >= 4 is 16.9 Å². The summed E-state index contributed by atoms with van der Waals surface area (Å²) in [6.45, 7) is 3.93. The Kier molecular flexibility index (Phi) is 14.5. The van der Waals surface area contributed by atoms with Gasteiger partial charge >= 0.3 is 0 Å². The van der Waals surface area contributed by atoms with Crippen LogP contribution < -0.4 is 10.1 Å². The lowest BCUT2D eigenvalue weighted by Gasteiger charge is -2.10. The van der Waals surface area contributed by atoms with Crippen LogP contribution in [0.5, 0.6) is 5.75 Å². The molecule has 0 atom stereocenters. The van der Waals surface area contributed by atoms with Crippen LogP contribution in [0.3, 0.4) is 0 Å². The van der Waals surface area contributed by atoms with Gasteiger partial charge in [-0.1, -0.05) is 109 Å². The third-order valence-electron chi connectivity index (χ3n) is 7.66. The summed E-state index contributed by atoms with van der Waals surface area (Å²) in [5, 5.41) is 3.04. The van der Waals surface area contributed by atoms with E-state index >= 15 is 0 Å². The first-order chi connectivity index (χ1) is 19.2. The fourth-order valence-corrected chi connectivity index (χ4v) is 5.35. The molecule has 3 aromatic rings. The van der Waals surface area contributed by atoms with Crippen LogP contribution in [0, 0.1) is 0 Å². The highest BCUT2D eigenvalue weighted by molar-refractivity contribution is 5.94. The van der Waals surface area contributed by atoms with Gasteiger partial charge in [0, 0.05) is 25.1 Å². The van der Waals surface area contributed by atoms with Crippen LogP contribution in [0.15, 0.2) is 48.5 Å². The van der Waals surface area contributed by atoms with Crippen molar-refractivity contribution in [2.75, 3.05) is 13.7 Å². The molecule has 0 radical (unpaired) electrons. The Morgan fingerprint density at radius 1 is 0.795 bits per heavy atom. The van der Waals surface area contributed by atoms with E-state index in [1.807, 2.05) is 18.2 Å². The molecule has 1 amide bonds. The van der Waals surface area contributed by atoms with Crippen LogP contribution >= 0.6 is 0 Å². The molecule has 1 N–H and O–H groups in total. The Hall–Kier alpha value is -2.82. The summed E-state index contributed by atoms with van der Waals surface area (Å²) in [6.07, 6.45) is 21.0. The zero-order valence-electron chi connectivity index (χ0n) is 24.6. The molecule has 0 bridgehead atoms. The third kappa shape index (κ3) is 11.1. The van der Waals surface area contributed by atoms with E-state index in [4.69, 9.17) is 9.72 Å². The van der Waals surface area contributed by atoms with E-state index in [1.165, 1.54) is 95.4 Å². The number of hydrogen-bond acceptors (Lipinski definition) is 3. The summed E-state index contributed by atoms with van der Waals surface area (Å²) in [4.78, 5) is 17.4. The molecule has 0 aliphatic carbocycles. The molecule has 39 heavy (non-hydrogen) atoms. The van der Waals surface area contributed by atoms with E-state index < -0.39 is 0 Å². The van der Waals surface area contributed by atoms with E-state index in [1.54, 1.807) is 13.2 Å². The number of hydrogen-bond donors (Lipinski definition) is 1. The molecular formula is C34H51N3O2. The van der Waals surface area contributed by atoms with Crippen LogP contribution in [0.25, 0.3) is 11.0 Å². The van der Waals surface area contributed by atoms with E-state index in [0.29, 0.717) is 17.9 Å². The van der Waals surface area contributed by atoms with Crippen LogP contribution in [0.4, 0.5) is 0 Å². The summed E-state index contributed by atoms with van der Waals surface area (Å²) in [5.41, 5.74) is 2.92. The molecule has 5 nitrogen and oxygen atoms in total. The number of nitrogens with zero attached hydrogens (tertiary/aromatic N) is 2. The number of fused-ring (bicyclic) bond motifs is 1. The molecule has 1 aromatic heterocycles. The molecule has 0 fully saturated rings. The van der Waals surface area contributed by atoms with Crippen LogP contribution in [-0.4, -0.2) is 29.1 Å². The molecule has 0 saturated carbocycles. The van der Waals surface area contributed by atoms with E-state index in [2.05, 4.69) is 41.1 Å². The first-order valence-electron chi connectivity index (χ1n) is 15.6. The molecule has 0 spiro atoms. The molecule has 2 aromatic carbocycles. The van der Waals surface area contributed by atoms with Gasteiger partial charge in [0.1, 0.15) is 11.6 Å². The topological polar surface area (TPSA) is 56.2 Å². The van der Waals surface area contributed by atoms with Gasteiger partial charge in [0.05, 0.1) is 18.1 Å². The lowest BCUT2D eigenvalue weighted by Crippen LogP contribution is -2.25. The summed E-state index contributed by atoms with van der Waals surface area (Å²) in [5.74, 6) is 1.76. The van der Waals surface area contributed by atoms with Crippen molar-refractivity contribution in [1.82, 2.24) is 14.9 Å². The highest BCUT2D eigenvalue weighted by Gasteiger charge is 2.11. The Bertz CT molecular complexity index is 1090. The van der Waals surface area contributed by atoms with Crippen molar-refractivity contribution in [2.24, 2.45) is 0 Å². The number of benzene rings is 2. The molecule has 0 aliphatic heterocycles. The van der Waals surface area contributed by atoms with Gasteiger partial charge in [-0.2, -0.15) is 0 Å². The van der Waals surface area contributed by atoms with Gasteiger partial charge in [-0.25, -0.2) is 4.98 Å². The summed E-state index contributed by atoms with van der Waals surface area (Å²) in [6, 6.07) is 15.7. The zero-order chi connectivity index (χ0) is 27.5. The normalized spacial score (nSPS) is 11.2. The highest BCUT2D eigenvalue weighted by atomic mass is 16.5. The molecule has 214 valence electrons. The Morgan fingerprint density at radius 3 is 2.10 bits per heavy atom. The molecule has 1 heterocycles. The number of carbonyl (C=O) groups is 1. The summed E-state index contributed by atoms with van der Waals surface area (Å²) < 4.78 is 7.63. The number of carbonyl (C=O) groups excluding carboxylic acids is 1. The van der Waals surface area contributed by atoms with Crippen LogP contribution in [0.2, 0.25) is 0 Å². The lowest BCUT2D eigenvalue weighted by atomic mass is 10.0. The molecule has 5 heteroatoms. The molecule has 3 rings (SSSR count). The minimum atomic E-state index is -0.0650. The van der Waals surface area contributed by atoms with Gasteiger partial charge in [-0.3, -0.25) is 4.79 Å². The number of ether oxygens (including phenoxy) is 1. The maximum Gasteiger partial charge on any atom is 0.251 e. The summed E-state index contributed by atoms with van der Waals surface area (Å²) >= 11 is 0. The average Bonchev–Trinajstić information content (AvgIpc) is 3.32. The molecule has 0 saturated heterocycles.